The fourth-order valence-corrected chi connectivity index (χ4v) is 4.72. The minimum absolute atomic E-state index is 0.157. The molecule has 1 N–H and O–H groups in total. The van der Waals surface area contributed by atoms with Crippen LogP contribution < -0.4 is 19.1 Å². The summed E-state index contributed by atoms with van der Waals surface area (Å²) < 4.78 is 46.2. The Morgan fingerprint density at radius 3 is 2.41 bits per heavy atom. The summed E-state index contributed by atoms with van der Waals surface area (Å²) in [6.45, 7) is 7.34. The largest absolute Gasteiger partial charge is 0.492 e. The number of ether oxygens (including phenoxy) is 3. The Hall–Kier alpha value is -1.97. The van der Waals surface area contributed by atoms with Crippen molar-refractivity contribution in [3.05, 3.63) is 40.9 Å². The van der Waals surface area contributed by atoms with Gasteiger partial charge in [-0.25, -0.2) is 8.42 Å². The SMILES string of the molecule is CCOc1cc(N2CCOCC2)c(OCC)cc1NS(=O)(=O)c1cccc(Br)c1. The number of nitrogens with zero attached hydrogens (tertiary/aromatic N) is 1. The van der Waals surface area contributed by atoms with Crippen LogP contribution in [0.3, 0.4) is 0 Å². The topological polar surface area (TPSA) is 77.1 Å². The van der Waals surface area contributed by atoms with E-state index in [1.54, 1.807) is 30.3 Å². The highest BCUT2D eigenvalue weighted by Gasteiger charge is 2.22. The van der Waals surface area contributed by atoms with E-state index in [2.05, 4.69) is 25.6 Å². The molecule has 1 aliphatic rings. The van der Waals surface area contributed by atoms with E-state index in [4.69, 9.17) is 14.2 Å². The zero-order chi connectivity index (χ0) is 20.9. The van der Waals surface area contributed by atoms with Crippen LogP contribution in [0, 0.1) is 0 Å². The first-order chi connectivity index (χ1) is 13.9. The summed E-state index contributed by atoms with van der Waals surface area (Å²) in [6.07, 6.45) is 0. The van der Waals surface area contributed by atoms with Gasteiger partial charge in [0, 0.05) is 29.7 Å². The molecule has 0 spiro atoms. The molecule has 0 amide bonds. The molecule has 1 aliphatic heterocycles. The Balaban J connectivity index is 2.01. The molecule has 0 atom stereocenters. The molecule has 3 rings (SSSR count). The summed E-state index contributed by atoms with van der Waals surface area (Å²) >= 11 is 3.31. The molecule has 0 saturated carbocycles. The van der Waals surface area contributed by atoms with E-state index in [0.717, 1.165) is 18.8 Å². The number of benzene rings is 2. The minimum Gasteiger partial charge on any atom is -0.492 e. The van der Waals surface area contributed by atoms with Crippen molar-refractivity contribution in [2.75, 3.05) is 49.1 Å². The second-order valence-electron chi connectivity index (χ2n) is 6.34. The summed E-state index contributed by atoms with van der Waals surface area (Å²) in [7, 11) is -3.80. The van der Waals surface area contributed by atoms with Gasteiger partial charge in [-0.15, -0.1) is 0 Å². The molecule has 1 saturated heterocycles. The number of hydrogen-bond donors (Lipinski definition) is 1. The van der Waals surface area contributed by atoms with Crippen molar-refractivity contribution < 1.29 is 22.6 Å². The van der Waals surface area contributed by atoms with Gasteiger partial charge in [0.15, 0.2) is 0 Å². The van der Waals surface area contributed by atoms with Gasteiger partial charge in [0.1, 0.15) is 11.5 Å². The zero-order valence-electron chi connectivity index (χ0n) is 16.5. The quantitative estimate of drug-likeness (QED) is 0.612. The Bertz CT molecular complexity index is 946. The van der Waals surface area contributed by atoms with Crippen LogP contribution >= 0.6 is 15.9 Å². The minimum atomic E-state index is -3.80. The molecule has 0 unspecified atom stereocenters. The molecule has 1 fully saturated rings. The second kappa shape index (κ2) is 9.69. The fraction of sp³-hybridized carbons (Fsp3) is 0.400. The van der Waals surface area contributed by atoms with Crippen molar-refractivity contribution in [3.63, 3.8) is 0 Å². The van der Waals surface area contributed by atoms with Gasteiger partial charge in [0.25, 0.3) is 10.0 Å². The van der Waals surface area contributed by atoms with Crippen molar-refractivity contribution in [1.29, 1.82) is 0 Å². The van der Waals surface area contributed by atoms with E-state index < -0.39 is 10.0 Å². The first-order valence-electron chi connectivity index (χ1n) is 9.49. The Labute approximate surface area is 180 Å². The van der Waals surface area contributed by atoms with Gasteiger partial charge in [-0.05, 0) is 32.0 Å². The molecule has 0 aliphatic carbocycles. The Morgan fingerprint density at radius 1 is 1.07 bits per heavy atom. The van der Waals surface area contributed by atoms with E-state index in [1.807, 2.05) is 19.9 Å². The van der Waals surface area contributed by atoms with E-state index in [1.165, 1.54) is 0 Å². The summed E-state index contributed by atoms with van der Waals surface area (Å²) in [5.74, 6) is 1.06. The lowest BCUT2D eigenvalue weighted by Crippen LogP contribution is -2.36. The van der Waals surface area contributed by atoms with Crippen molar-refractivity contribution in [3.8, 4) is 11.5 Å². The maximum Gasteiger partial charge on any atom is 0.262 e. The van der Waals surface area contributed by atoms with Gasteiger partial charge in [0.2, 0.25) is 0 Å². The van der Waals surface area contributed by atoms with Gasteiger partial charge >= 0.3 is 0 Å². The van der Waals surface area contributed by atoms with Crippen LogP contribution in [-0.4, -0.2) is 47.9 Å². The van der Waals surface area contributed by atoms with Gasteiger partial charge in [-0.2, -0.15) is 0 Å². The van der Waals surface area contributed by atoms with Crippen LogP contribution in [0.4, 0.5) is 11.4 Å². The second-order valence-corrected chi connectivity index (χ2v) is 8.94. The molecule has 29 heavy (non-hydrogen) atoms. The van der Waals surface area contributed by atoms with Gasteiger partial charge in [-0.1, -0.05) is 22.0 Å². The maximum absolute atomic E-state index is 12.9. The molecule has 2 aromatic carbocycles. The van der Waals surface area contributed by atoms with Crippen molar-refractivity contribution in [2.24, 2.45) is 0 Å². The lowest BCUT2D eigenvalue weighted by atomic mass is 10.2. The predicted octanol–water partition coefficient (Wildman–Crippen LogP) is 3.88. The van der Waals surface area contributed by atoms with E-state index in [9.17, 15) is 8.42 Å². The first kappa shape index (κ1) is 21.7. The summed E-state index contributed by atoms with van der Waals surface area (Å²) in [5.41, 5.74) is 1.20. The number of morpholine rings is 1. The fourth-order valence-electron chi connectivity index (χ4n) is 3.06. The third-order valence-electron chi connectivity index (χ3n) is 4.36. The number of nitrogens with one attached hydrogen (secondary N) is 1. The Kier molecular flexibility index (Phi) is 7.26. The highest BCUT2D eigenvalue weighted by atomic mass is 79.9. The van der Waals surface area contributed by atoms with Crippen molar-refractivity contribution in [2.45, 2.75) is 18.7 Å². The average molecular weight is 485 g/mol. The van der Waals surface area contributed by atoms with E-state index in [0.29, 0.717) is 48.1 Å². The average Bonchev–Trinajstić information content (AvgIpc) is 2.70. The van der Waals surface area contributed by atoms with Crippen LogP contribution in [-0.2, 0) is 14.8 Å². The molecule has 0 bridgehead atoms. The monoisotopic (exact) mass is 484 g/mol. The number of hydrogen-bond acceptors (Lipinski definition) is 6. The molecule has 9 heteroatoms. The molecule has 158 valence electrons. The molecule has 0 aromatic heterocycles. The van der Waals surface area contributed by atoms with Crippen LogP contribution in [0.1, 0.15) is 13.8 Å². The number of sulfonamides is 1. The standard InChI is InChI=1S/C20H25BrN2O5S/c1-3-27-19-14-18(23-8-10-26-11-9-23)20(28-4-2)13-17(19)22-29(24,25)16-7-5-6-15(21)12-16/h5-7,12-14,22H,3-4,8-11H2,1-2H3. The lowest BCUT2D eigenvalue weighted by Gasteiger charge is -2.31. The summed E-state index contributed by atoms with van der Waals surface area (Å²) in [6, 6.07) is 10.1. The molecule has 2 aromatic rings. The summed E-state index contributed by atoms with van der Waals surface area (Å²) in [4.78, 5) is 2.31. The van der Waals surface area contributed by atoms with Crippen LogP contribution in [0.5, 0.6) is 11.5 Å². The van der Waals surface area contributed by atoms with E-state index in [-0.39, 0.29) is 4.90 Å². The normalized spacial score (nSPS) is 14.5. The maximum atomic E-state index is 12.9. The van der Waals surface area contributed by atoms with Crippen LogP contribution in [0.2, 0.25) is 0 Å². The zero-order valence-corrected chi connectivity index (χ0v) is 18.9. The highest BCUT2D eigenvalue weighted by Crippen LogP contribution is 2.40. The molecular weight excluding hydrogens is 460 g/mol. The molecule has 0 radical (unpaired) electrons. The number of halogens is 1. The van der Waals surface area contributed by atoms with Gasteiger partial charge < -0.3 is 19.1 Å². The third kappa shape index (κ3) is 5.34. The van der Waals surface area contributed by atoms with Crippen LogP contribution in [0.25, 0.3) is 0 Å². The van der Waals surface area contributed by atoms with Crippen molar-refractivity contribution in [1.82, 2.24) is 0 Å². The lowest BCUT2D eigenvalue weighted by molar-refractivity contribution is 0.122. The Morgan fingerprint density at radius 2 is 1.76 bits per heavy atom. The highest BCUT2D eigenvalue weighted by molar-refractivity contribution is 9.10. The van der Waals surface area contributed by atoms with Crippen LogP contribution in [0.15, 0.2) is 45.8 Å². The predicted molar refractivity (Wildman–Crippen MR) is 117 cm³/mol. The third-order valence-corrected chi connectivity index (χ3v) is 6.22. The van der Waals surface area contributed by atoms with Gasteiger partial charge in [-0.3, -0.25) is 4.72 Å². The smallest absolute Gasteiger partial charge is 0.262 e. The molecule has 1 heterocycles. The first-order valence-corrected chi connectivity index (χ1v) is 11.8. The number of anilines is 2. The van der Waals surface area contributed by atoms with Crippen molar-refractivity contribution >= 4 is 37.3 Å². The molecule has 7 nitrogen and oxygen atoms in total. The van der Waals surface area contributed by atoms with E-state index >= 15 is 0 Å². The number of rotatable bonds is 8. The summed E-state index contributed by atoms with van der Waals surface area (Å²) in [5, 5.41) is 0. The molecular formula is C20H25BrN2O5S. The van der Waals surface area contributed by atoms with Gasteiger partial charge in [0.05, 0.1) is 42.7 Å².